The van der Waals surface area contributed by atoms with Crippen molar-refractivity contribution in [2.24, 2.45) is 0 Å². The van der Waals surface area contributed by atoms with Gasteiger partial charge >= 0.3 is 0 Å². The van der Waals surface area contributed by atoms with Gasteiger partial charge in [0.15, 0.2) is 6.30 Å². The van der Waals surface area contributed by atoms with E-state index in [1.54, 1.807) is 0 Å². The lowest BCUT2D eigenvalue weighted by Gasteiger charge is -2.29. The Balaban J connectivity index is 2.18. The molecule has 1 aliphatic heterocycles. The number of halogens is 1. The summed E-state index contributed by atoms with van der Waals surface area (Å²) in [6.07, 6.45) is 2.73. The summed E-state index contributed by atoms with van der Waals surface area (Å²) >= 11 is 0. The number of aliphatic hydroxyl groups excluding tert-OH is 1. The molecule has 1 N–H and O–H groups in total. The molecule has 66 valence electrons. The van der Waals surface area contributed by atoms with Crippen LogP contribution >= 0.6 is 0 Å². The molecule has 1 unspecified atom stereocenters. The highest BCUT2D eigenvalue weighted by molar-refractivity contribution is 4.68. The average Bonchev–Trinajstić information content (AvgIpc) is 2.03. The minimum Gasteiger partial charge on any atom is -0.396 e. The number of piperidine rings is 1. The van der Waals surface area contributed by atoms with Gasteiger partial charge in [-0.2, -0.15) is 0 Å². The second-order valence-electron chi connectivity index (χ2n) is 3.04. The first kappa shape index (κ1) is 8.94. The van der Waals surface area contributed by atoms with Crippen LogP contribution in [0.25, 0.3) is 0 Å². The molecule has 1 saturated heterocycles. The Morgan fingerprint density at radius 3 is 2.91 bits per heavy atom. The highest BCUT2D eigenvalue weighted by Gasteiger charge is 2.20. The smallest absolute Gasteiger partial charge is 0.153 e. The van der Waals surface area contributed by atoms with Crippen molar-refractivity contribution in [3.05, 3.63) is 0 Å². The van der Waals surface area contributed by atoms with Gasteiger partial charge in [0, 0.05) is 19.7 Å². The van der Waals surface area contributed by atoms with Crippen molar-refractivity contribution in [3.63, 3.8) is 0 Å². The van der Waals surface area contributed by atoms with Crippen LogP contribution in [0.3, 0.4) is 0 Å². The van der Waals surface area contributed by atoms with Gasteiger partial charge in [-0.05, 0) is 25.7 Å². The minimum atomic E-state index is -0.754. The number of likely N-dealkylation sites (tertiary alicyclic amines) is 1. The molecular formula is C8H16FNO. The Labute approximate surface area is 67.0 Å². The zero-order valence-corrected chi connectivity index (χ0v) is 6.80. The molecule has 0 radical (unpaired) electrons. The third kappa shape index (κ3) is 2.75. The summed E-state index contributed by atoms with van der Waals surface area (Å²) < 4.78 is 13.0. The largest absolute Gasteiger partial charge is 0.396 e. The van der Waals surface area contributed by atoms with Crippen LogP contribution in [-0.4, -0.2) is 36.0 Å². The maximum atomic E-state index is 13.0. The molecule has 1 aliphatic rings. The first-order chi connectivity index (χ1) is 5.34. The molecule has 0 amide bonds. The Morgan fingerprint density at radius 1 is 1.45 bits per heavy atom. The zero-order chi connectivity index (χ0) is 8.10. The van der Waals surface area contributed by atoms with Crippen molar-refractivity contribution in [2.45, 2.75) is 32.0 Å². The van der Waals surface area contributed by atoms with Crippen molar-refractivity contribution in [1.82, 2.24) is 4.90 Å². The predicted molar refractivity (Wildman–Crippen MR) is 42.0 cm³/mol. The number of hydrogen-bond acceptors (Lipinski definition) is 2. The van der Waals surface area contributed by atoms with Gasteiger partial charge < -0.3 is 5.11 Å². The topological polar surface area (TPSA) is 23.5 Å². The van der Waals surface area contributed by atoms with E-state index in [1.165, 1.54) is 0 Å². The molecule has 0 bridgehead atoms. The predicted octanol–water partition coefficient (Wildman–Crippen LogP) is 1.15. The third-order valence-electron chi connectivity index (χ3n) is 2.14. The van der Waals surface area contributed by atoms with E-state index >= 15 is 0 Å². The van der Waals surface area contributed by atoms with Crippen LogP contribution in [0.15, 0.2) is 0 Å². The lowest BCUT2D eigenvalue weighted by molar-refractivity contribution is 0.0419. The lowest BCUT2D eigenvalue weighted by Crippen LogP contribution is -2.37. The fourth-order valence-corrected chi connectivity index (χ4v) is 1.48. The van der Waals surface area contributed by atoms with Gasteiger partial charge in [0.25, 0.3) is 0 Å². The summed E-state index contributed by atoms with van der Waals surface area (Å²) in [6, 6.07) is 0. The van der Waals surface area contributed by atoms with E-state index in [4.69, 9.17) is 5.11 Å². The monoisotopic (exact) mass is 161 g/mol. The molecule has 2 nitrogen and oxygen atoms in total. The molecule has 1 rings (SSSR count). The molecule has 1 heterocycles. The summed E-state index contributed by atoms with van der Waals surface area (Å²) in [6.45, 7) is 1.74. The van der Waals surface area contributed by atoms with Crippen molar-refractivity contribution in [3.8, 4) is 0 Å². The van der Waals surface area contributed by atoms with Crippen LogP contribution in [0, 0.1) is 0 Å². The van der Waals surface area contributed by atoms with Gasteiger partial charge in [0.2, 0.25) is 0 Å². The van der Waals surface area contributed by atoms with Crippen LogP contribution in [-0.2, 0) is 0 Å². The van der Waals surface area contributed by atoms with Crippen LogP contribution in [0.5, 0.6) is 0 Å². The van der Waals surface area contributed by atoms with Crippen molar-refractivity contribution < 1.29 is 9.50 Å². The van der Waals surface area contributed by atoms with Crippen molar-refractivity contribution in [2.75, 3.05) is 19.7 Å². The number of alkyl halides is 1. The highest BCUT2D eigenvalue weighted by atomic mass is 19.1. The molecule has 0 aromatic rings. The zero-order valence-electron chi connectivity index (χ0n) is 6.80. The van der Waals surface area contributed by atoms with E-state index in [9.17, 15) is 4.39 Å². The fraction of sp³-hybridized carbons (Fsp3) is 1.00. The van der Waals surface area contributed by atoms with Gasteiger partial charge in [-0.25, -0.2) is 4.39 Å². The maximum absolute atomic E-state index is 13.0. The van der Waals surface area contributed by atoms with E-state index in [-0.39, 0.29) is 6.61 Å². The van der Waals surface area contributed by atoms with E-state index in [0.29, 0.717) is 19.4 Å². The van der Waals surface area contributed by atoms with E-state index in [0.717, 1.165) is 19.4 Å². The minimum absolute atomic E-state index is 0.170. The second-order valence-corrected chi connectivity index (χ2v) is 3.04. The number of rotatable bonds is 3. The van der Waals surface area contributed by atoms with E-state index in [2.05, 4.69) is 0 Å². The molecule has 0 aliphatic carbocycles. The fourth-order valence-electron chi connectivity index (χ4n) is 1.48. The maximum Gasteiger partial charge on any atom is 0.153 e. The Kier molecular flexibility index (Phi) is 3.80. The molecule has 0 aromatic carbocycles. The molecule has 1 atom stereocenters. The lowest BCUT2D eigenvalue weighted by atomic mass is 10.1. The molecule has 0 aromatic heterocycles. The summed E-state index contributed by atoms with van der Waals surface area (Å²) in [5.74, 6) is 0. The molecule has 11 heavy (non-hydrogen) atoms. The SMILES string of the molecule is OCCCN1CCCCC1F. The van der Waals surface area contributed by atoms with Crippen LogP contribution in [0.1, 0.15) is 25.7 Å². The second kappa shape index (κ2) is 4.67. The Morgan fingerprint density at radius 2 is 2.27 bits per heavy atom. The van der Waals surface area contributed by atoms with Crippen molar-refractivity contribution in [1.29, 1.82) is 0 Å². The quantitative estimate of drug-likeness (QED) is 0.628. The summed E-state index contributed by atoms with van der Waals surface area (Å²) in [5.41, 5.74) is 0. The van der Waals surface area contributed by atoms with Gasteiger partial charge in [-0.15, -0.1) is 0 Å². The summed E-state index contributed by atoms with van der Waals surface area (Å²) in [7, 11) is 0. The summed E-state index contributed by atoms with van der Waals surface area (Å²) in [5, 5.41) is 8.53. The van der Waals surface area contributed by atoms with E-state index in [1.807, 2.05) is 4.90 Å². The normalized spacial score (nSPS) is 27.3. The first-order valence-electron chi connectivity index (χ1n) is 4.33. The Bertz CT molecular complexity index is 110. The highest BCUT2D eigenvalue weighted by Crippen LogP contribution is 2.17. The molecule has 1 fully saturated rings. The molecule has 0 spiro atoms. The standard InChI is InChI=1S/C8H16FNO/c9-8-4-1-2-5-10(8)6-3-7-11/h8,11H,1-7H2. The van der Waals surface area contributed by atoms with Gasteiger partial charge in [0.05, 0.1) is 0 Å². The number of aliphatic hydroxyl groups is 1. The number of hydrogen-bond donors (Lipinski definition) is 1. The summed E-state index contributed by atoms with van der Waals surface area (Å²) in [4.78, 5) is 1.82. The average molecular weight is 161 g/mol. The molecule has 0 saturated carbocycles. The van der Waals surface area contributed by atoms with Crippen LogP contribution < -0.4 is 0 Å². The number of nitrogens with zero attached hydrogens (tertiary/aromatic N) is 1. The van der Waals surface area contributed by atoms with Gasteiger partial charge in [-0.1, -0.05) is 0 Å². The van der Waals surface area contributed by atoms with Crippen LogP contribution in [0.2, 0.25) is 0 Å². The van der Waals surface area contributed by atoms with E-state index < -0.39 is 6.30 Å². The first-order valence-corrected chi connectivity index (χ1v) is 4.33. The third-order valence-corrected chi connectivity index (χ3v) is 2.14. The molecular weight excluding hydrogens is 145 g/mol. The van der Waals surface area contributed by atoms with Crippen molar-refractivity contribution >= 4 is 0 Å². The van der Waals surface area contributed by atoms with Gasteiger partial charge in [0.1, 0.15) is 0 Å². The van der Waals surface area contributed by atoms with Gasteiger partial charge in [-0.3, -0.25) is 4.90 Å². The Hall–Kier alpha value is -0.150. The van der Waals surface area contributed by atoms with Crippen LogP contribution in [0.4, 0.5) is 4.39 Å². The molecule has 3 heteroatoms.